The van der Waals surface area contributed by atoms with Crippen LogP contribution < -0.4 is 9.64 Å². The van der Waals surface area contributed by atoms with Crippen molar-refractivity contribution in [3.8, 4) is 5.75 Å². The van der Waals surface area contributed by atoms with Gasteiger partial charge in [0.25, 0.3) is 0 Å². The monoisotopic (exact) mass is 293 g/mol. The van der Waals surface area contributed by atoms with Gasteiger partial charge in [-0.1, -0.05) is 6.07 Å². The van der Waals surface area contributed by atoms with Gasteiger partial charge in [0.15, 0.2) is 5.75 Å². The molecule has 0 spiro atoms. The minimum absolute atomic E-state index is 0.0411. The Labute approximate surface area is 120 Å². The van der Waals surface area contributed by atoms with Crippen LogP contribution in [0.2, 0.25) is 0 Å². The molecule has 3 rings (SSSR count). The summed E-state index contributed by atoms with van der Waals surface area (Å²) in [6, 6.07) is 4.90. The minimum Gasteiger partial charge on any atom is -0.489 e. The molecule has 2 aliphatic heterocycles. The maximum Gasteiger partial charge on any atom is 0.339 e. The minimum atomic E-state index is -1.03. The van der Waals surface area contributed by atoms with Gasteiger partial charge in [0.1, 0.15) is 12.2 Å². The van der Waals surface area contributed by atoms with E-state index in [9.17, 15) is 14.7 Å². The number of carbonyl (C=O) groups excluding carboxylic acids is 1. The van der Waals surface area contributed by atoms with E-state index in [1.165, 1.54) is 6.07 Å². The highest BCUT2D eigenvalue weighted by Gasteiger charge is 2.33. The third-order valence-corrected chi connectivity index (χ3v) is 4.78. The van der Waals surface area contributed by atoms with E-state index in [1.54, 1.807) is 28.8 Å². The zero-order chi connectivity index (χ0) is 14.1. The number of benzene rings is 1. The van der Waals surface area contributed by atoms with E-state index in [0.717, 1.165) is 17.9 Å². The maximum absolute atomic E-state index is 12.6. The Balaban J connectivity index is 1.95. The van der Waals surface area contributed by atoms with Crippen molar-refractivity contribution in [2.24, 2.45) is 5.92 Å². The molecule has 1 aromatic rings. The summed E-state index contributed by atoms with van der Waals surface area (Å²) in [7, 11) is 0. The van der Waals surface area contributed by atoms with Crippen molar-refractivity contribution >= 4 is 29.3 Å². The van der Waals surface area contributed by atoms with Crippen molar-refractivity contribution < 1.29 is 19.4 Å². The molecule has 2 aliphatic rings. The van der Waals surface area contributed by atoms with E-state index in [-0.39, 0.29) is 17.4 Å². The van der Waals surface area contributed by atoms with Crippen LogP contribution in [0.5, 0.6) is 5.75 Å². The van der Waals surface area contributed by atoms with Crippen LogP contribution in [0.25, 0.3) is 0 Å². The van der Waals surface area contributed by atoms with E-state index in [4.69, 9.17) is 4.74 Å². The number of ether oxygens (including phenoxy) is 1. The second kappa shape index (κ2) is 5.36. The Kier molecular flexibility index (Phi) is 3.56. The lowest BCUT2D eigenvalue weighted by atomic mass is 10.1. The number of thioether (sulfide) groups is 1. The highest BCUT2D eigenvalue weighted by Crippen LogP contribution is 2.37. The van der Waals surface area contributed by atoms with Gasteiger partial charge in [0.05, 0.1) is 12.2 Å². The summed E-state index contributed by atoms with van der Waals surface area (Å²) in [5.41, 5.74) is 0.693. The van der Waals surface area contributed by atoms with E-state index < -0.39 is 5.97 Å². The molecule has 1 N–H and O–H groups in total. The van der Waals surface area contributed by atoms with Crippen molar-refractivity contribution in [1.82, 2.24) is 0 Å². The molecule has 6 heteroatoms. The Hall–Kier alpha value is -1.69. The lowest BCUT2D eigenvalue weighted by Gasteiger charge is -2.31. The van der Waals surface area contributed by atoms with Crippen LogP contribution in [0.3, 0.4) is 0 Å². The zero-order valence-corrected chi connectivity index (χ0v) is 11.7. The van der Waals surface area contributed by atoms with Crippen LogP contribution in [-0.4, -0.2) is 41.6 Å². The molecule has 2 heterocycles. The van der Waals surface area contributed by atoms with Crippen LogP contribution in [0.1, 0.15) is 16.8 Å². The van der Waals surface area contributed by atoms with E-state index in [0.29, 0.717) is 24.6 Å². The number of carboxylic acids is 1. The highest BCUT2D eigenvalue weighted by atomic mass is 32.2. The predicted octanol–water partition coefficient (Wildman–Crippen LogP) is 1.86. The largest absolute Gasteiger partial charge is 0.489 e. The third kappa shape index (κ3) is 2.24. The summed E-state index contributed by atoms with van der Waals surface area (Å²) in [4.78, 5) is 25.5. The standard InChI is InChI=1S/C14H15NO4S/c16-13(9-4-7-20-8-9)15-5-6-19-12-10(14(17)18)2-1-3-11(12)15/h1-3,9H,4-8H2,(H,17,18). The molecule has 20 heavy (non-hydrogen) atoms. The van der Waals surface area contributed by atoms with Crippen molar-refractivity contribution in [3.05, 3.63) is 23.8 Å². The first kappa shape index (κ1) is 13.3. The molecular formula is C14H15NO4S. The number of hydrogen-bond donors (Lipinski definition) is 1. The normalized spacial score (nSPS) is 21.2. The number of amides is 1. The molecule has 0 bridgehead atoms. The zero-order valence-electron chi connectivity index (χ0n) is 10.9. The molecule has 1 fully saturated rings. The fraction of sp³-hybridized carbons (Fsp3) is 0.429. The first-order valence-electron chi connectivity index (χ1n) is 6.56. The smallest absolute Gasteiger partial charge is 0.339 e. The van der Waals surface area contributed by atoms with Gasteiger partial charge >= 0.3 is 5.97 Å². The number of rotatable bonds is 2. The molecule has 5 nitrogen and oxygen atoms in total. The highest BCUT2D eigenvalue weighted by molar-refractivity contribution is 7.99. The quantitative estimate of drug-likeness (QED) is 0.901. The van der Waals surface area contributed by atoms with Crippen LogP contribution in [-0.2, 0) is 4.79 Å². The Morgan fingerprint density at radius 2 is 2.25 bits per heavy atom. The van der Waals surface area contributed by atoms with Gasteiger partial charge in [-0.25, -0.2) is 4.79 Å². The van der Waals surface area contributed by atoms with Gasteiger partial charge in [-0.05, 0) is 24.3 Å². The molecule has 0 aromatic heterocycles. The second-order valence-electron chi connectivity index (χ2n) is 4.86. The van der Waals surface area contributed by atoms with Crippen LogP contribution in [0.15, 0.2) is 18.2 Å². The van der Waals surface area contributed by atoms with Gasteiger partial charge in [-0.15, -0.1) is 0 Å². The van der Waals surface area contributed by atoms with Gasteiger partial charge in [-0.3, -0.25) is 4.79 Å². The van der Waals surface area contributed by atoms with E-state index in [2.05, 4.69) is 0 Å². The Morgan fingerprint density at radius 1 is 1.40 bits per heavy atom. The van der Waals surface area contributed by atoms with E-state index in [1.807, 2.05) is 0 Å². The fourth-order valence-corrected chi connectivity index (χ4v) is 3.81. The molecule has 1 saturated heterocycles. The Bertz CT molecular complexity index is 554. The third-order valence-electron chi connectivity index (χ3n) is 3.62. The molecule has 1 unspecified atom stereocenters. The molecule has 1 atom stereocenters. The van der Waals surface area contributed by atoms with Gasteiger partial charge in [0, 0.05) is 11.7 Å². The Morgan fingerprint density at radius 3 is 2.95 bits per heavy atom. The lowest BCUT2D eigenvalue weighted by Crippen LogP contribution is -2.42. The van der Waals surface area contributed by atoms with Crippen LogP contribution in [0, 0.1) is 5.92 Å². The summed E-state index contributed by atoms with van der Waals surface area (Å²) in [6.45, 7) is 0.818. The van der Waals surface area contributed by atoms with E-state index >= 15 is 0 Å². The molecule has 1 aromatic carbocycles. The summed E-state index contributed by atoms with van der Waals surface area (Å²) >= 11 is 1.79. The van der Waals surface area contributed by atoms with Gasteiger partial charge in [-0.2, -0.15) is 11.8 Å². The van der Waals surface area contributed by atoms with Crippen LogP contribution in [0.4, 0.5) is 5.69 Å². The summed E-state index contributed by atoms with van der Waals surface area (Å²) < 4.78 is 5.48. The van der Waals surface area contributed by atoms with Gasteiger partial charge < -0.3 is 14.7 Å². The summed E-state index contributed by atoms with van der Waals surface area (Å²) in [5, 5.41) is 9.19. The molecule has 0 aliphatic carbocycles. The first-order valence-corrected chi connectivity index (χ1v) is 7.72. The summed E-state index contributed by atoms with van der Waals surface area (Å²) in [5.74, 6) is 1.27. The average Bonchev–Trinajstić information content (AvgIpc) is 2.99. The number of fused-ring (bicyclic) bond motifs is 1. The fourth-order valence-electron chi connectivity index (χ4n) is 2.60. The lowest BCUT2D eigenvalue weighted by molar-refractivity contribution is -0.121. The first-order chi connectivity index (χ1) is 9.68. The van der Waals surface area contributed by atoms with Crippen LogP contribution >= 0.6 is 11.8 Å². The number of carbonyl (C=O) groups is 2. The molecule has 0 radical (unpaired) electrons. The van der Waals surface area contributed by atoms with Gasteiger partial charge in [0.2, 0.25) is 5.91 Å². The molecule has 106 valence electrons. The number of para-hydroxylation sites is 1. The SMILES string of the molecule is O=C(O)c1cccc2c1OCCN2C(=O)C1CCSC1. The van der Waals surface area contributed by atoms with Crippen molar-refractivity contribution in [1.29, 1.82) is 0 Å². The number of carboxylic acid groups (broad SMARTS) is 1. The number of hydrogen-bond acceptors (Lipinski definition) is 4. The number of anilines is 1. The molecule has 1 amide bonds. The maximum atomic E-state index is 12.6. The average molecular weight is 293 g/mol. The van der Waals surface area contributed by atoms with Crippen molar-refractivity contribution in [3.63, 3.8) is 0 Å². The summed E-state index contributed by atoms with van der Waals surface area (Å²) in [6.07, 6.45) is 0.898. The predicted molar refractivity (Wildman–Crippen MR) is 76.7 cm³/mol. The van der Waals surface area contributed by atoms with Crippen molar-refractivity contribution in [2.45, 2.75) is 6.42 Å². The molecular weight excluding hydrogens is 278 g/mol. The topological polar surface area (TPSA) is 66.8 Å². The second-order valence-corrected chi connectivity index (χ2v) is 6.01. The van der Waals surface area contributed by atoms with Crippen molar-refractivity contribution in [2.75, 3.05) is 29.6 Å². The number of nitrogens with zero attached hydrogens (tertiary/aromatic N) is 1. The number of aromatic carboxylic acids is 1. The molecule has 0 saturated carbocycles.